The van der Waals surface area contributed by atoms with E-state index in [9.17, 15) is 4.79 Å². The van der Waals surface area contributed by atoms with Crippen molar-refractivity contribution < 1.29 is 4.79 Å². The summed E-state index contributed by atoms with van der Waals surface area (Å²) in [7, 11) is 0. The molecular formula is C12H15N5O. The van der Waals surface area contributed by atoms with Gasteiger partial charge in [-0.15, -0.1) is 0 Å². The maximum absolute atomic E-state index is 11.6. The van der Waals surface area contributed by atoms with Gasteiger partial charge in [-0.05, 0) is 25.1 Å². The minimum atomic E-state index is -0.234. The van der Waals surface area contributed by atoms with Crippen molar-refractivity contribution in [2.45, 2.75) is 19.5 Å². The van der Waals surface area contributed by atoms with Gasteiger partial charge in [-0.1, -0.05) is 6.07 Å². The standard InChI is InChI=1S/C12H15N5O/c1-9(11-4-2-3-6-13-11)16-12(18)14-8-10-5-7-15-17-10/h2-7,9H,8H2,1H3,(H,15,17)(H2,14,16,18). The third-order valence-corrected chi connectivity index (χ3v) is 2.48. The van der Waals surface area contributed by atoms with E-state index in [2.05, 4.69) is 25.8 Å². The molecule has 2 aromatic rings. The summed E-state index contributed by atoms with van der Waals surface area (Å²) in [5, 5.41) is 12.1. The Morgan fingerprint density at radius 2 is 2.28 bits per heavy atom. The number of H-pyrrole nitrogens is 1. The van der Waals surface area contributed by atoms with E-state index in [0.29, 0.717) is 6.54 Å². The van der Waals surface area contributed by atoms with Gasteiger partial charge < -0.3 is 10.6 Å². The molecule has 2 amide bonds. The van der Waals surface area contributed by atoms with Gasteiger partial charge in [0.15, 0.2) is 0 Å². The van der Waals surface area contributed by atoms with E-state index in [1.165, 1.54) is 0 Å². The van der Waals surface area contributed by atoms with Crippen LogP contribution in [0.3, 0.4) is 0 Å². The number of nitrogens with one attached hydrogen (secondary N) is 3. The van der Waals surface area contributed by atoms with Crippen molar-refractivity contribution in [2.75, 3.05) is 0 Å². The fourth-order valence-corrected chi connectivity index (χ4v) is 1.51. The number of rotatable bonds is 4. The quantitative estimate of drug-likeness (QED) is 0.760. The van der Waals surface area contributed by atoms with Crippen LogP contribution in [-0.2, 0) is 6.54 Å². The first-order valence-electron chi connectivity index (χ1n) is 5.69. The lowest BCUT2D eigenvalue weighted by molar-refractivity contribution is 0.237. The molecule has 0 saturated heterocycles. The second-order valence-corrected chi connectivity index (χ2v) is 3.89. The Bertz CT molecular complexity index is 482. The maximum Gasteiger partial charge on any atom is 0.315 e. The highest BCUT2D eigenvalue weighted by Crippen LogP contribution is 2.07. The predicted molar refractivity (Wildman–Crippen MR) is 66.6 cm³/mol. The van der Waals surface area contributed by atoms with Crippen molar-refractivity contribution in [3.63, 3.8) is 0 Å². The van der Waals surface area contributed by atoms with Gasteiger partial charge in [0, 0.05) is 12.4 Å². The number of carbonyl (C=O) groups is 1. The highest BCUT2D eigenvalue weighted by molar-refractivity contribution is 5.74. The average Bonchev–Trinajstić information content (AvgIpc) is 2.90. The van der Waals surface area contributed by atoms with E-state index in [4.69, 9.17) is 0 Å². The van der Waals surface area contributed by atoms with E-state index in [0.717, 1.165) is 11.4 Å². The molecule has 0 aliphatic heterocycles. The van der Waals surface area contributed by atoms with E-state index in [1.807, 2.05) is 31.2 Å². The Balaban J connectivity index is 1.80. The van der Waals surface area contributed by atoms with Gasteiger partial charge in [0.2, 0.25) is 0 Å². The van der Waals surface area contributed by atoms with Crippen LogP contribution in [0.15, 0.2) is 36.7 Å². The first-order valence-corrected chi connectivity index (χ1v) is 5.69. The van der Waals surface area contributed by atoms with Gasteiger partial charge in [-0.25, -0.2) is 4.79 Å². The van der Waals surface area contributed by atoms with Gasteiger partial charge in [0.05, 0.1) is 24.0 Å². The summed E-state index contributed by atoms with van der Waals surface area (Å²) < 4.78 is 0. The molecule has 0 spiro atoms. The molecule has 0 fully saturated rings. The van der Waals surface area contributed by atoms with E-state index >= 15 is 0 Å². The summed E-state index contributed by atoms with van der Waals surface area (Å²) in [5.74, 6) is 0. The van der Waals surface area contributed by atoms with Crippen molar-refractivity contribution in [1.29, 1.82) is 0 Å². The molecule has 0 aromatic carbocycles. The molecule has 0 aliphatic carbocycles. The summed E-state index contributed by atoms with van der Waals surface area (Å²) in [6.07, 6.45) is 3.35. The van der Waals surface area contributed by atoms with Crippen molar-refractivity contribution in [3.05, 3.63) is 48.0 Å². The van der Waals surface area contributed by atoms with E-state index < -0.39 is 0 Å². The Kier molecular flexibility index (Phi) is 3.90. The molecule has 0 saturated carbocycles. The lowest BCUT2D eigenvalue weighted by Gasteiger charge is -2.13. The monoisotopic (exact) mass is 245 g/mol. The third-order valence-electron chi connectivity index (χ3n) is 2.48. The lowest BCUT2D eigenvalue weighted by atomic mass is 10.2. The molecule has 0 bridgehead atoms. The molecule has 0 aliphatic rings. The van der Waals surface area contributed by atoms with E-state index in [-0.39, 0.29) is 12.1 Å². The molecular weight excluding hydrogens is 230 g/mol. The van der Waals surface area contributed by atoms with Gasteiger partial charge in [-0.2, -0.15) is 5.10 Å². The van der Waals surface area contributed by atoms with Crippen LogP contribution in [0, 0.1) is 0 Å². The van der Waals surface area contributed by atoms with Gasteiger partial charge in [-0.3, -0.25) is 10.1 Å². The van der Waals surface area contributed by atoms with Gasteiger partial charge in [0.1, 0.15) is 0 Å². The maximum atomic E-state index is 11.6. The molecule has 6 nitrogen and oxygen atoms in total. The van der Waals surface area contributed by atoms with Crippen LogP contribution >= 0.6 is 0 Å². The number of hydrogen-bond donors (Lipinski definition) is 3. The second kappa shape index (κ2) is 5.81. The molecule has 1 unspecified atom stereocenters. The SMILES string of the molecule is CC(NC(=O)NCc1ccn[nH]1)c1ccccn1. The molecule has 0 radical (unpaired) electrons. The first-order chi connectivity index (χ1) is 8.75. The number of carbonyl (C=O) groups excluding carboxylic acids is 1. The molecule has 2 aromatic heterocycles. The van der Waals surface area contributed by atoms with Crippen molar-refractivity contribution in [2.24, 2.45) is 0 Å². The normalized spacial score (nSPS) is 11.8. The molecule has 2 rings (SSSR count). The zero-order valence-corrected chi connectivity index (χ0v) is 10.1. The first kappa shape index (κ1) is 12.1. The number of pyridine rings is 1. The smallest absolute Gasteiger partial charge is 0.315 e. The topological polar surface area (TPSA) is 82.7 Å². The third kappa shape index (κ3) is 3.31. The van der Waals surface area contributed by atoms with Crippen LogP contribution in [0.5, 0.6) is 0 Å². The summed E-state index contributed by atoms with van der Waals surface area (Å²) in [4.78, 5) is 15.8. The van der Waals surface area contributed by atoms with E-state index in [1.54, 1.807) is 12.4 Å². The Morgan fingerprint density at radius 1 is 1.39 bits per heavy atom. The Labute approximate surface area is 105 Å². The number of aromatic amines is 1. The van der Waals surface area contributed by atoms with Gasteiger partial charge in [0.25, 0.3) is 0 Å². The molecule has 2 heterocycles. The lowest BCUT2D eigenvalue weighted by Crippen LogP contribution is -2.36. The minimum Gasteiger partial charge on any atom is -0.333 e. The number of hydrogen-bond acceptors (Lipinski definition) is 3. The second-order valence-electron chi connectivity index (χ2n) is 3.89. The molecule has 18 heavy (non-hydrogen) atoms. The number of aromatic nitrogens is 3. The average molecular weight is 245 g/mol. The minimum absolute atomic E-state index is 0.132. The zero-order valence-electron chi connectivity index (χ0n) is 10.1. The zero-order chi connectivity index (χ0) is 12.8. The van der Waals surface area contributed by atoms with Crippen LogP contribution in [0.2, 0.25) is 0 Å². The van der Waals surface area contributed by atoms with Crippen LogP contribution in [-0.4, -0.2) is 21.2 Å². The molecule has 6 heteroatoms. The fourth-order valence-electron chi connectivity index (χ4n) is 1.51. The Hall–Kier alpha value is -2.37. The van der Waals surface area contributed by atoms with Gasteiger partial charge >= 0.3 is 6.03 Å². The van der Waals surface area contributed by atoms with Crippen LogP contribution in [0.1, 0.15) is 24.4 Å². The highest BCUT2D eigenvalue weighted by Gasteiger charge is 2.09. The fraction of sp³-hybridized carbons (Fsp3) is 0.250. The van der Waals surface area contributed by atoms with Crippen LogP contribution in [0.4, 0.5) is 4.79 Å². The number of amides is 2. The van der Waals surface area contributed by atoms with Crippen molar-refractivity contribution in [1.82, 2.24) is 25.8 Å². The molecule has 1 atom stereocenters. The largest absolute Gasteiger partial charge is 0.333 e. The number of urea groups is 1. The van der Waals surface area contributed by atoms with Crippen molar-refractivity contribution in [3.8, 4) is 0 Å². The summed E-state index contributed by atoms with van der Waals surface area (Å²) in [6.45, 7) is 2.30. The highest BCUT2D eigenvalue weighted by atomic mass is 16.2. The molecule has 94 valence electrons. The summed E-state index contributed by atoms with van der Waals surface area (Å²) >= 11 is 0. The number of nitrogens with zero attached hydrogens (tertiary/aromatic N) is 2. The van der Waals surface area contributed by atoms with Crippen LogP contribution < -0.4 is 10.6 Å². The van der Waals surface area contributed by atoms with Crippen molar-refractivity contribution >= 4 is 6.03 Å². The summed E-state index contributed by atoms with van der Waals surface area (Å²) in [6, 6.07) is 7.05. The molecule has 3 N–H and O–H groups in total. The summed E-state index contributed by atoms with van der Waals surface area (Å²) in [5.41, 5.74) is 1.69. The predicted octanol–water partition coefficient (Wildman–Crippen LogP) is 1.37. The van der Waals surface area contributed by atoms with Crippen LogP contribution in [0.25, 0.3) is 0 Å². The Morgan fingerprint density at radius 3 is 2.94 bits per heavy atom.